The van der Waals surface area contributed by atoms with Gasteiger partial charge in [0.05, 0.1) is 6.33 Å². The van der Waals surface area contributed by atoms with Crippen molar-refractivity contribution in [1.82, 2.24) is 14.5 Å². The van der Waals surface area contributed by atoms with E-state index in [0.717, 1.165) is 13.2 Å². The number of rotatable bonds is 0. The average molecular weight is 233 g/mol. The van der Waals surface area contributed by atoms with Crippen molar-refractivity contribution in [2.75, 3.05) is 13.2 Å². The van der Waals surface area contributed by atoms with Gasteiger partial charge in [0, 0.05) is 45.0 Å². The Morgan fingerprint density at radius 3 is 1.82 bits per heavy atom. The molecule has 4 nitrogen and oxygen atoms in total. The summed E-state index contributed by atoms with van der Waals surface area (Å²) in [5.41, 5.74) is 0. The molecule has 0 saturated carbocycles. The third kappa shape index (κ3) is 8.16. The molecule has 0 amide bonds. The van der Waals surface area contributed by atoms with E-state index in [-0.39, 0.29) is 0 Å². The van der Waals surface area contributed by atoms with Crippen LogP contribution in [0.5, 0.6) is 0 Å². The monoisotopic (exact) mass is 233 g/mol. The molecule has 17 heavy (non-hydrogen) atoms. The zero-order valence-corrected chi connectivity index (χ0v) is 10.2. The first-order valence-electron chi connectivity index (χ1n) is 5.74. The Hall–Kier alpha value is -1.68. The van der Waals surface area contributed by atoms with Crippen molar-refractivity contribution >= 4 is 0 Å². The second-order valence-corrected chi connectivity index (χ2v) is 3.57. The van der Waals surface area contributed by atoms with Crippen LogP contribution in [0.3, 0.4) is 0 Å². The molecule has 3 heterocycles. The van der Waals surface area contributed by atoms with Crippen molar-refractivity contribution in [1.29, 1.82) is 0 Å². The maximum atomic E-state index is 4.94. The first kappa shape index (κ1) is 13.4. The van der Waals surface area contributed by atoms with Crippen LogP contribution in [0.25, 0.3) is 0 Å². The van der Waals surface area contributed by atoms with Crippen LogP contribution in [0.2, 0.25) is 0 Å². The Balaban J connectivity index is 0.000000128. The first-order valence-corrected chi connectivity index (χ1v) is 5.74. The molecule has 1 aliphatic heterocycles. The van der Waals surface area contributed by atoms with Crippen LogP contribution >= 0.6 is 0 Å². The van der Waals surface area contributed by atoms with Gasteiger partial charge in [-0.2, -0.15) is 0 Å². The van der Waals surface area contributed by atoms with Gasteiger partial charge in [0.2, 0.25) is 0 Å². The van der Waals surface area contributed by atoms with Crippen molar-refractivity contribution in [3.05, 3.63) is 49.3 Å². The fraction of sp³-hybridized carbons (Fsp3) is 0.385. The zero-order valence-electron chi connectivity index (χ0n) is 10.2. The Morgan fingerprint density at radius 1 is 0.941 bits per heavy atom. The van der Waals surface area contributed by atoms with Gasteiger partial charge in [0.15, 0.2) is 0 Å². The van der Waals surface area contributed by atoms with E-state index >= 15 is 0 Å². The lowest BCUT2D eigenvalue weighted by Gasteiger charge is -1.76. The Kier molecular flexibility index (Phi) is 7.51. The molecule has 1 aliphatic rings. The molecule has 0 radical (unpaired) electrons. The molecule has 1 saturated heterocycles. The molecule has 3 rings (SSSR count). The fourth-order valence-electron chi connectivity index (χ4n) is 1.15. The number of hydrogen-bond acceptors (Lipinski definition) is 3. The minimum atomic E-state index is 1.00. The largest absolute Gasteiger partial charge is 0.381 e. The van der Waals surface area contributed by atoms with E-state index in [2.05, 4.69) is 9.97 Å². The topological polar surface area (TPSA) is 39.9 Å². The van der Waals surface area contributed by atoms with Gasteiger partial charge in [0.1, 0.15) is 0 Å². The fourth-order valence-corrected chi connectivity index (χ4v) is 1.15. The van der Waals surface area contributed by atoms with Gasteiger partial charge in [-0.3, -0.25) is 4.98 Å². The number of nitrogens with zero attached hydrogens (tertiary/aromatic N) is 3. The normalized spacial score (nSPS) is 13.0. The van der Waals surface area contributed by atoms with E-state index in [1.54, 1.807) is 24.9 Å². The van der Waals surface area contributed by atoms with Gasteiger partial charge in [-0.25, -0.2) is 4.98 Å². The number of imidazole rings is 1. The Labute approximate surface area is 102 Å². The second-order valence-electron chi connectivity index (χ2n) is 3.57. The highest BCUT2D eigenvalue weighted by Gasteiger charge is 1.94. The van der Waals surface area contributed by atoms with E-state index in [0.29, 0.717) is 0 Å². The Bertz CT molecular complexity index is 310. The van der Waals surface area contributed by atoms with Crippen molar-refractivity contribution < 1.29 is 4.74 Å². The molecule has 2 aromatic heterocycles. The van der Waals surface area contributed by atoms with Gasteiger partial charge in [0.25, 0.3) is 0 Å². The SMILES string of the molecule is C1CCOC1.Cn1ccnc1.c1ccncc1. The lowest BCUT2D eigenvalue weighted by Crippen LogP contribution is -1.76. The summed E-state index contributed by atoms with van der Waals surface area (Å²) in [7, 11) is 1.94. The molecule has 4 heteroatoms. The minimum Gasteiger partial charge on any atom is -0.381 e. The summed E-state index contributed by atoms with van der Waals surface area (Å²) in [5, 5.41) is 0. The van der Waals surface area contributed by atoms with Crippen molar-refractivity contribution in [3.63, 3.8) is 0 Å². The lowest BCUT2D eigenvalue weighted by molar-refractivity contribution is 0.198. The number of pyridine rings is 1. The molecule has 92 valence electrons. The third-order valence-electron chi connectivity index (χ3n) is 2.03. The summed E-state index contributed by atoms with van der Waals surface area (Å²) >= 11 is 0. The molecule has 0 unspecified atom stereocenters. The van der Waals surface area contributed by atoms with E-state index in [1.807, 2.05) is 36.0 Å². The molecule has 0 aliphatic carbocycles. The molecule has 2 aromatic rings. The van der Waals surface area contributed by atoms with Crippen LogP contribution < -0.4 is 0 Å². The van der Waals surface area contributed by atoms with E-state index in [1.165, 1.54) is 12.8 Å². The third-order valence-corrected chi connectivity index (χ3v) is 2.03. The van der Waals surface area contributed by atoms with Crippen LogP contribution in [0.4, 0.5) is 0 Å². The van der Waals surface area contributed by atoms with Gasteiger partial charge in [-0.05, 0) is 25.0 Å². The summed E-state index contributed by atoms with van der Waals surface area (Å²) in [6.45, 7) is 2.00. The zero-order chi connectivity index (χ0) is 12.2. The smallest absolute Gasteiger partial charge is 0.0943 e. The average Bonchev–Trinajstić information content (AvgIpc) is 3.07. The number of aryl methyl sites for hydroxylation is 1. The van der Waals surface area contributed by atoms with E-state index in [4.69, 9.17) is 4.74 Å². The van der Waals surface area contributed by atoms with Crippen molar-refractivity contribution in [2.24, 2.45) is 7.05 Å². The highest BCUT2D eigenvalue weighted by Crippen LogP contribution is 1.98. The maximum absolute atomic E-state index is 4.94. The summed E-state index contributed by atoms with van der Waals surface area (Å²) in [4.78, 5) is 7.57. The highest BCUT2D eigenvalue weighted by atomic mass is 16.5. The molecule has 1 fully saturated rings. The van der Waals surface area contributed by atoms with Crippen molar-refractivity contribution in [2.45, 2.75) is 12.8 Å². The van der Waals surface area contributed by atoms with Crippen LogP contribution in [0, 0.1) is 0 Å². The molecular weight excluding hydrogens is 214 g/mol. The quantitative estimate of drug-likeness (QED) is 0.701. The van der Waals surface area contributed by atoms with Crippen molar-refractivity contribution in [3.8, 4) is 0 Å². The van der Waals surface area contributed by atoms with Gasteiger partial charge in [-0.15, -0.1) is 0 Å². The summed E-state index contributed by atoms with van der Waals surface area (Å²) in [6, 6.07) is 5.72. The van der Waals surface area contributed by atoms with Crippen LogP contribution in [-0.4, -0.2) is 27.7 Å². The predicted molar refractivity (Wildman–Crippen MR) is 67.5 cm³/mol. The Morgan fingerprint density at radius 2 is 1.65 bits per heavy atom. The van der Waals surface area contributed by atoms with Crippen LogP contribution in [0.15, 0.2) is 49.3 Å². The number of ether oxygens (including phenoxy) is 1. The molecular formula is C13H19N3O. The van der Waals surface area contributed by atoms with Crippen LogP contribution in [-0.2, 0) is 11.8 Å². The first-order chi connectivity index (χ1) is 8.39. The van der Waals surface area contributed by atoms with Gasteiger partial charge < -0.3 is 9.30 Å². The highest BCUT2D eigenvalue weighted by molar-refractivity contribution is 4.88. The number of aromatic nitrogens is 3. The lowest BCUT2D eigenvalue weighted by atomic mass is 10.4. The van der Waals surface area contributed by atoms with Gasteiger partial charge in [-0.1, -0.05) is 6.07 Å². The van der Waals surface area contributed by atoms with Gasteiger partial charge >= 0.3 is 0 Å². The van der Waals surface area contributed by atoms with Crippen LogP contribution in [0.1, 0.15) is 12.8 Å². The summed E-state index contributed by atoms with van der Waals surface area (Å²) < 4.78 is 6.83. The van der Waals surface area contributed by atoms with E-state index < -0.39 is 0 Å². The molecule has 0 atom stereocenters. The number of hydrogen-bond donors (Lipinski definition) is 0. The standard InChI is InChI=1S/C5H5N.C4H6N2.C4H8O/c1-2-4-6-5-3-1;1-6-3-2-5-4-6;1-2-4-5-3-1/h1-5H;2-4H,1H3;1-4H2. The molecule has 0 aromatic carbocycles. The second kappa shape index (κ2) is 9.54. The molecule has 0 spiro atoms. The summed E-state index contributed by atoms with van der Waals surface area (Å²) in [6.07, 6.45) is 11.4. The molecule has 0 bridgehead atoms. The molecule has 0 N–H and O–H groups in total. The maximum Gasteiger partial charge on any atom is 0.0943 e. The minimum absolute atomic E-state index is 1.00. The van der Waals surface area contributed by atoms with E-state index in [9.17, 15) is 0 Å². The predicted octanol–water partition coefficient (Wildman–Crippen LogP) is 2.30. The summed E-state index contributed by atoms with van der Waals surface area (Å²) in [5.74, 6) is 0.